The third-order valence-corrected chi connectivity index (χ3v) is 2.77. The highest BCUT2D eigenvalue weighted by Gasteiger charge is 2.29. The highest BCUT2D eigenvalue weighted by atomic mass is 16.4. The molecule has 0 aliphatic carbocycles. The third-order valence-electron chi connectivity index (χ3n) is 2.77. The van der Waals surface area contributed by atoms with Crippen molar-refractivity contribution in [3.8, 4) is 0 Å². The molecular formula is C11H22O4. The van der Waals surface area contributed by atoms with Crippen LogP contribution in [0, 0.1) is 11.8 Å². The summed E-state index contributed by atoms with van der Waals surface area (Å²) in [5, 5.41) is 27.5. The molecule has 15 heavy (non-hydrogen) atoms. The van der Waals surface area contributed by atoms with Gasteiger partial charge in [0, 0.05) is 6.61 Å². The van der Waals surface area contributed by atoms with E-state index in [-0.39, 0.29) is 12.5 Å². The first-order valence-electron chi connectivity index (χ1n) is 5.56. The quantitative estimate of drug-likeness (QED) is 0.573. The third kappa shape index (κ3) is 5.14. The van der Waals surface area contributed by atoms with Crippen molar-refractivity contribution in [3.63, 3.8) is 0 Å². The van der Waals surface area contributed by atoms with Crippen molar-refractivity contribution in [3.05, 3.63) is 0 Å². The van der Waals surface area contributed by atoms with Gasteiger partial charge in [-0.1, -0.05) is 26.7 Å². The molecule has 3 N–H and O–H groups in total. The van der Waals surface area contributed by atoms with Gasteiger partial charge in [-0.05, 0) is 18.8 Å². The zero-order valence-electron chi connectivity index (χ0n) is 9.52. The molecule has 0 bridgehead atoms. The summed E-state index contributed by atoms with van der Waals surface area (Å²) in [6, 6.07) is 0. The topological polar surface area (TPSA) is 77.8 Å². The van der Waals surface area contributed by atoms with Gasteiger partial charge in [-0.15, -0.1) is 0 Å². The Balaban J connectivity index is 4.26. The first-order valence-corrected chi connectivity index (χ1v) is 5.56. The van der Waals surface area contributed by atoms with Gasteiger partial charge in [-0.3, -0.25) is 4.79 Å². The lowest BCUT2D eigenvalue weighted by atomic mass is 9.87. The second-order valence-electron chi connectivity index (χ2n) is 4.07. The minimum Gasteiger partial charge on any atom is -0.481 e. The summed E-state index contributed by atoms with van der Waals surface area (Å²) in [4.78, 5) is 10.9. The summed E-state index contributed by atoms with van der Waals surface area (Å²) >= 11 is 0. The number of aliphatic hydroxyl groups excluding tert-OH is 2. The van der Waals surface area contributed by atoms with E-state index in [1.807, 2.05) is 6.92 Å². The molecule has 0 spiro atoms. The van der Waals surface area contributed by atoms with Crippen molar-refractivity contribution in [2.24, 2.45) is 11.8 Å². The van der Waals surface area contributed by atoms with Gasteiger partial charge in [0.1, 0.15) is 0 Å². The highest BCUT2D eigenvalue weighted by molar-refractivity contribution is 5.70. The predicted molar refractivity (Wildman–Crippen MR) is 57.5 cm³/mol. The Labute approximate surface area is 90.9 Å². The van der Waals surface area contributed by atoms with E-state index >= 15 is 0 Å². The minimum atomic E-state index is -0.944. The van der Waals surface area contributed by atoms with Crippen LogP contribution in [-0.4, -0.2) is 34.0 Å². The van der Waals surface area contributed by atoms with Crippen LogP contribution in [0.25, 0.3) is 0 Å². The molecule has 0 aliphatic heterocycles. The van der Waals surface area contributed by atoms with Crippen LogP contribution in [0.4, 0.5) is 0 Å². The molecule has 4 nitrogen and oxygen atoms in total. The number of unbranched alkanes of at least 4 members (excludes halogenated alkanes) is 1. The molecule has 90 valence electrons. The van der Waals surface area contributed by atoms with Gasteiger partial charge >= 0.3 is 5.97 Å². The van der Waals surface area contributed by atoms with Crippen LogP contribution in [-0.2, 0) is 4.79 Å². The van der Waals surface area contributed by atoms with Crippen LogP contribution in [0.1, 0.15) is 39.5 Å². The van der Waals surface area contributed by atoms with Crippen molar-refractivity contribution < 1.29 is 20.1 Å². The van der Waals surface area contributed by atoms with Crippen LogP contribution in [0.3, 0.4) is 0 Å². The Bertz CT molecular complexity index is 181. The molecule has 0 saturated heterocycles. The number of rotatable bonds is 8. The Morgan fingerprint density at radius 1 is 1.33 bits per heavy atom. The molecule has 0 aromatic carbocycles. The number of aliphatic carboxylic acids is 1. The number of carbonyl (C=O) groups is 1. The van der Waals surface area contributed by atoms with E-state index in [0.29, 0.717) is 12.8 Å². The van der Waals surface area contributed by atoms with E-state index in [2.05, 4.69) is 0 Å². The molecule has 0 amide bonds. The van der Waals surface area contributed by atoms with Crippen molar-refractivity contribution in [1.29, 1.82) is 0 Å². The molecule has 0 radical (unpaired) electrons. The van der Waals surface area contributed by atoms with E-state index in [1.54, 1.807) is 6.92 Å². The Hall–Kier alpha value is -0.610. The molecule has 0 aliphatic rings. The Morgan fingerprint density at radius 2 is 1.93 bits per heavy atom. The molecule has 0 heterocycles. The summed E-state index contributed by atoms with van der Waals surface area (Å²) in [7, 11) is 0. The van der Waals surface area contributed by atoms with Crippen molar-refractivity contribution in [1.82, 2.24) is 0 Å². The van der Waals surface area contributed by atoms with Gasteiger partial charge in [-0.25, -0.2) is 0 Å². The lowest BCUT2D eigenvalue weighted by molar-refractivity contribution is -0.147. The van der Waals surface area contributed by atoms with Crippen molar-refractivity contribution in [2.45, 2.75) is 45.6 Å². The summed E-state index contributed by atoms with van der Waals surface area (Å²) in [5.41, 5.74) is 0. The molecule has 0 saturated carbocycles. The summed E-state index contributed by atoms with van der Waals surface area (Å²) in [5.74, 6) is -1.82. The molecule has 0 aromatic rings. The van der Waals surface area contributed by atoms with E-state index in [0.717, 1.165) is 12.8 Å². The van der Waals surface area contributed by atoms with Gasteiger partial charge in [0.25, 0.3) is 0 Å². The van der Waals surface area contributed by atoms with E-state index in [1.165, 1.54) is 0 Å². The van der Waals surface area contributed by atoms with Crippen LogP contribution in [0.5, 0.6) is 0 Å². The normalized spacial score (nSPS) is 17.1. The fourth-order valence-corrected chi connectivity index (χ4v) is 1.64. The minimum absolute atomic E-state index is 0.0155. The predicted octanol–water partition coefficient (Wildman–Crippen LogP) is 1.26. The largest absolute Gasteiger partial charge is 0.481 e. The smallest absolute Gasteiger partial charge is 0.309 e. The number of hydrogen-bond acceptors (Lipinski definition) is 3. The van der Waals surface area contributed by atoms with Crippen LogP contribution in [0.15, 0.2) is 0 Å². The lowest BCUT2D eigenvalue weighted by Gasteiger charge is -2.24. The summed E-state index contributed by atoms with van der Waals surface area (Å²) in [6.45, 7) is 3.74. The SMILES string of the molecule is CCCCC(C(=O)O)C(O)C(C)CCO. The maximum absolute atomic E-state index is 10.9. The molecular weight excluding hydrogens is 196 g/mol. The lowest BCUT2D eigenvalue weighted by Crippen LogP contribution is -2.33. The number of carboxylic acid groups (broad SMARTS) is 1. The van der Waals surface area contributed by atoms with Crippen molar-refractivity contribution in [2.75, 3.05) is 6.61 Å². The van der Waals surface area contributed by atoms with Gasteiger partial charge in [-0.2, -0.15) is 0 Å². The summed E-state index contributed by atoms with van der Waals surface area (Å²) in [6.07, 6.45) is 1.81. The zero-order valence-corrected chi connectivity index (χ0v) is 9.52. The Morgan fingerprint density at radius 3 is 2.33 bits per heavy atom. The maximum atomic E-state index is 10.9. The van der Waals surface area contributed by atoms with Crippen molar-refractivity contribution >= 4 is 5.97 Å². The van der Waals surface area contributed by atoms with Gasteiger partial charge in [0.05, 0.1) is 12.0 Å². The number of hydrogen-bond donors (Lipinski definition) is 3. The first kappa shape index (κ1) is 14.4. The van der Waals surface area contributed by atoms with Crippen LogP contribution >= 0.6 is 0 Å². The molecule has 0 aromatic heterocycles. The summed E-state index contributed by atoms with van der Waals surface area (Å²) < 4.78 is 0. The average molecular weight is 218 g/mol. The van der Waals surface area contributed by atoms with Gasteiger partial charge < -0.3 is 15.3 Å². The fraction of sp³-hybridized carbons (Fsp3) is 0.909. The number of carboxylic acids is 1. The molecule has 3 unspecified atom stereocenters. The van der Waals surface area contributed by atoms with Crippen LogP contribution in [0.2, 0.25) is 0 Å². The molecule has 0 fully saturated rings. The van der Waals surface area contributed by atoms with E-state index in [9.17, 15) is 9.90 Å². The fourth-order valence-electron chi connectivity index (χ4n) is 1.64. The van der Waals surface area contributed by atoms with Crippen LogP contribution < -0.4 is 0 Å². The molecule has 4 heteroatoms. The van der Waals surface area contributed by atoms with E-state index < -0.39 is 18.0 Å². The zero-order chi connectivity index (χ0) is 11.8. The maximum Gasteiger partial charge on any atom is 0.309 e. The van der Waals surface area contributed by atoms with Gasteiger partial charge in [0.15, 0.2) is 0 Å². The Kier molecular flexibility index (Phi) is 7.34. The average Bonchev–Trinajstić information content (AvgIpc) is 2.18. The molecule has 3 atom stereocenters. The van der Waals surface area contributed by atoms with Gasteiger partial charge in [0.2, 0.25) is 0 Å². The molecule has 0 rings (SSSR count). The second kappa shape index (κ2) is 7.65. The standard InChI is InChI=1S/C11H22O4/c1-3-4-5-9(11(14)15)10(13)8(2)6-7-12/h8-10,12-13H,3-7H2,1-2H3,(H,14,15). The monoisotopic (exact) mass is 218 g/mol. The second-order valence-corrected chi connectivity index (χ2v) is 4.07. The highest BCUT2D eigenvalue weighted by Crippen LogP contribution is 2.21. The number of aliphatic hydroxyl groups is 2. The first-order chi connectivity index (χ1) is 7.04. The van der Waals surface area contributed by atoms with E-state index in [4.69, 9.17) is 10.2 Å².